The average molecular weight is 198 g/mol. The molecule has 0 aromatic carbocycles. The first kappa shape index (κ1) is 11.1. The van der Waals surface area contributed by atoms with Crippen molar-refractivity contribution in [2.75, 3.05) is 6.61 Å². The Morgan fingerprint density at radius 1 is 1.36 bits per heavy atom. The summed E-state index contributed by atoms with van der Waals surface area (Å²) in [6, 6.07) is 0. The maximum absolute atomic E-state index is 10.9. The van der Waals surface area contributed by atoms with Crippen molar-refractivity contribution in [2.24, 2.45) is 0 Å². The van der Waals surface area contributed by atoms with Crippen molar-refractivity contribution in [1.82, 2.24) is 0 Å². The van der Waals surface area contributed by atoms with Crippen LogP contribution in [-0.4, -0.2) is 18.7 Å². The molecule has 1 rings (SSSR count). The molecule has 0 heterocycles. The molecule has 0 amide bonds. The van der Waals surface area contributed by atoms with Crippen molar-refractivity contribution in [3.63, 3.8) is 0 Å². The smallest absolute Gasteiger partial charge is 0.333 e. The number of ether oxygens (including phenoxy) is 2. The van der Waals surface area contributed by atoms with E-state index in [0.29, 0.717) is 12.7 Å². The predicted octanol–water partition coefficient (Wildman–Crippen LogP) is 2.41. The van der Waals surface area contributed by atoms with E-state index in [1.807, 2.05) is 0 Å². The molecule has 80 valence electrons. The number of esters is 1. The van der Waals surface area contributed by atoms with Crippen molar-refractivity contribution in [3.05, 3.63) is 12.3 Å². The Balaban J connectivity index is 2.14. The maximum atomic E-state index is 10.9. The minimum absolute atomic E-state index is 0.300. The van der Waals surface area contributed by atoms with Gasteiger partial charge in [-0.15, -0.1) is 0 Å². The summed E-state index contributed by atoms with van der Waals surface area (Å²) in [5.41, 5.74) is 0. The van der Waals surface area contributed by atoms with Crippen LogP contribution in [0.15, 0.2) is 12.3 Å². The van der Waals surface area contributed by atoms with E-state index in [1.165, 1.54) is 31.6 Å². The normalized spacial score (nSPS) is 18.4. The topological polar surface area (TPSA) is 35.5 Å². The molecule has 3 nitrogen and oxygen atoms in total. The first-order valence-electron chi connectivity index (χ1n) is 5.31. The standard InChI is InChI=1S/C11H18O3/c1-2-13-11(12)8-9-14-10-6-4-3-5-7-10/h8-10H,2-7H2,1H3/b9-8+. The highest BCUT2D eigenvalue weighted by Crippen LogP contribution is 2.20. The SMILES string of the molecule is CCOC(=O)/C=C/OC1CCCCC1. The van der Waals surface area contributed by atoms with Crippen LogP contribution < -0.4 is 0 Å². The van der Waals surface area contributed by atoms with Crippen molar-refractivity contribution in [2.45, 2.75) is 45.1 Å². The second-order valence-corrected chi connectivity index (χ2v) is 3.45. The predicted molar refractivity (Wildman–Crippen MR) is 53.7 cm³/mol. The van der Waals surface area contributed by atoms with E-state index in [0.717, 1.165) is 12.8 Å². The molecule has 0 spiro atoms. The first-order chi connectivity index (χ1) is 6.83. The molecule has 1 saturated carbocycles. The summed E-state index contributed by atoms with van der Waals surface area (Å²) in [5, 5.41) is 0. The fraction of sp³-hybridized carbons (Fsp3) is 0.727. The van der Waals surface area contributed by atoms with Crippen LogP contribution in [-0.2, 0) is 14.3 Å². The summed E-state index contributed by atoms with van der Waals surface area (Å²) < 4.78 is 10.1. The molecule has 0 aliphatic heterocycles. The van der Waals surface area contributed by atoms with Crippen molar-refractivity contribution in [3.8, 4) is 0 Å². The molecule has 1 aliphatic rings. The van der Waals surface area contributed by atoms with Gasteiger partial charge in [0.05, 0.1) is 25.0 Å². The van der Waals surface area contributed by atoms with Gasteiger partial charge in [-0.3, -0.25) is 0 Å². The molecule has 0 atom stereocenters. The van der Waals surface area contributed by atoms with Crippen molar-refractivity contribution < 1.29 is 14.3 Å². The second kappa shape index (κ2) is 6.46. The van der Waals surface area contributed by atoms with E-state index in [4.69, 9.17) is 9.47 Å². The quantitative estimate of drug-likeness (QED) is 0.395. The average Bonchev–Trinajstić information content (AvgIpc) is 2.20. The Kier molecular flexibility index (Phi) is 5.12. The van der Waals surface area contributed by atoms with E-state index in [2.05, 4.69) is 0 Å². The van der Waals surface area contributed by atoms with Gasteiger partial charge in [-0.1, -0.05) is 6.42 Å². The molecule has 1 aliphatic carbocycles. The van der Waals surface area contributed by atoms with Gasteiger partial charge in [-0.2, -0.15) is 0 Å². The Bertz CT molecular complexity index is 193. The highest BCUT2D eigenvalue weighted by molar-refractivity contribution is 5.81. The number of carbonyl (C=O) groups excluding carboxylic acids is 1. The lowest BCUT2D eigenvalue weighted by Gasteiger charge is -2.20. The van der Waals surface area contributed by atoms with Gasteiger partial charge in [-0.25, -0.2) is 4.79 Å². The summed E-state index contributed by atoms with van der Waals surface area (Å²) in [6.07, 6.45) is 9.10. The van der Waals surface area contributed by atoms with E-state index >= 15 is 0 Å². The number of hydrogen-bond donors (Lipinski definition) is 0. The van der Waals surface area contributed by atoms with Crippen LogP contribution in [0.3, 0.4) is 0 Å². The third-order valence-corrected chi connectivity index (χ3v) is 2.31. The maximum Gasteiger partial charge on any atom is 0.333 e. The highest BCUT2D eigenvalue weighted by atomic mass is 16.5. The van der Waals surface area contributed by atoms with E-state index < -0.39 is 0 Å². The molecule has 14 heavy (non-hydrogen) atoms. The van der Waals surface area contributed by atoms with Crippen LogP contribution in [0.1, 0.15) is 39.0 Å². The summed E-state index contributed by atoms with van der Waals surface area (Å²) in [4.78, 5) is 10.9. The zero-order chi connectivity index (χ0) is 10.2. The molecule has 1 fully saturated rings. The summed E-state index contributed by atoms with van der Waals surface area (Å²) in [6.45, 7) is 2.19. The zero-order valence-corrected chi connectivity index (χ0v) is 8.70. The Morgan fingerprint density at radius 3 is 2.71 bits per heavy atom. The lowest BCUT2D eigenvalue weighted by atomic mass is 9.98. The van der Waals surface area contributed by atoms with Crippen LogP contribution in [0, 0.1) is 0 Å². The molecule has 0 unspecified atom stereocenters. The molecule has 0 bridgehead atoms. The molecule has 0 saturated heterocycles. The van der Waals surface area contributed by atoms with Crippen LogP contribution in [0.4, 0.5) is 0 Å². The zero-order valence-electron chi connectivity index (χ0n) is 8.70. The monoisotopic (exact) mass is 198 g/mol. The van der Waals surface area contributed by atoms with Gasteiger partial charge in [0.2, 0.25) is 0 Å². The molecule has 3 heteroatoms. The van der Waals surface area contributed by atoms with E-state index in [-0.39, 0.29) is 5.97 Å². The third-order valence-electron chi connectivity index (χ3n) is 2.31. The molecular weight excluding hydrogens is 180 g/mol. The molecule has 0 N–H and O–H groups in total. The lowest BCUT2D eigenvalue weighted by Crippen LogP contribution is -2.13. The minimum atomic E-state index is -0.330. The van der Waals surface area contributed by atoms with Gasteiger partial charge < -0.3 is 9.47 Å². The fourth-order valence-electron chi connectivity index (χ4n) is 1.60. The van der Waals surface area contributed by atoms with Gasteiger partial charge in [0, 0.05) is 0 Å². The van der Waals surface area contributed by atoms with Crippen LogP contribution in [0.5, 0.6) is 0 Å². The number of hydrogen-bond acceptors (Lipinski definition) is 3. The van der Waals surface area contributed by atoms with Gasteiger partial charge in [0.25, 0.3) is 0 Å². The van der Waals surface area contributed by atoms with Gasteiger partial charge >= 0.3 is 5.97 Å². The summed E-state index contributed by atoms with van der Waals surface area (Å²) in [5.74, 6) is -0.330. The second-order valence-electron chi connectivity index (χ2n) is 3.45. The molecule has 0 aromatic heterocycles. The van der Waals surface area contributed by atoms with Crippen molar-refractivity contribution >= 4 is 5.97 Å². The number of carbonyl (C=O) groups is 1. The third kappa shape index (κ3) is 4.30. The molecule has 0 aromatic rings. The fourth-order valence-corrected chi connectivity index (χ4v) is 1.60. The van der Waals surface area contributed by atoms with Gasteiger partial charge in [0.15, 0.2) is 0 Å². The minimum Gasteiger partial charge on any atom is -0.498 e. The number of rotatable bonds is 4. The van der Waals surface area contributed by atoms with Crippen LogP contribution in [0.2, 0.25) is 0 Å². The van der Waals surface area contributed by atoms with Gasteiger partial charge in [0.1, 0.15) is 0 Å². The first-order valence-corrected chi connectivity index (χ1v) is 5.31. The Labute approximate surface area is 85.1 Å². The summed E-state index contributed by atoms with van der Waals surface area (Å²) in [7, 11) is 0. The highest BCUT2D eigenvalue weighted by Gasteiger charge is 2.12. The Morgan fingerprint density at radius 2 is 2.07 bits per heavy atom. The largest absolute Gasteiger partial charge is 0.498 e. The van der Waals surface area contributed by atoms with Crippen LogP contribution in [0.25, 0.3) is 0 Å². The molecule has 0 radical (unpaired) electrons. The van der Waals surface area contributed by atoms with E-state index in [1.54, 1.807) is 6.92 Å². The van der Waals surface area contributed by atoms with Crippen LogP contribution >= 0.6 is 0 Å². The van der Waals surface area contributed by atoms with E-state index in [9.17, 15) is 4.79 Å². The Hall–Kier alpha value is -0.990. The van der Waals surface area contributed by atoms with Crippen molar-refractivity contribution in [1.29, 1.82) is 0 Å². The molecular formula is C11H18O3. The lowest BCUT2D eigenvalue weighted by molar-refractivity contribution is -0.137. The van der Waals surface area contributed by atoms with Gasteiger partial charge in [-0.05, 0) is 32.6 Å². The summed E-state index contributed by atoms with van der Waals surface area (Å²) >= 11 is 0.